The first-order chi connectivity index (χ1) is 7.75. The number of para-hydroxylation sites is 2. The summed E-state index contributed by atoms with van der Waals surface area (Å²) in [7, 11) is 0. The second-order valence-corrected chi connectivity index (χ2v) is 4.62. The minimum Gasteiger partial charge on any atom is -0.491 e. The van der Waals surface area contributed by atoms with Gasteiger partial charge in [-0.2, -0.15) is 0 Å². The second-order valence-electron chi connectivity index (χ2n) is 3.35. The van der Waals surface area contributed by atoms with E-state index in [0.717, 1.165) is 22.2 Å². The summed E-state index contributed by atoms with van der Waals surface area (Å²) in [4.78, 5) is 0. The topological polar surface area (TPSA) is 61.0 Å². The molecule has 5 heteroatoms. The van der Waals surface area contributed by atoms with Crippen LogP contribution in [0.2, 0.25) is 0 Å². The molecule has 0 saturated heterocycles. The molecular formula is C11H13N3OS. The van der Waals surface area contributed by atoms with Crippen LogP contribution in [0.25, 0.3) is 0 Å². The van der Waals surface area contributed by atoms with E-state index in [1.165, 1.54) is 0 Å². The van der Waals surface area contributed by atoms with Gasteiger partial charge in [-0.3, -0.25) is 0 Å². The summed E-state index contributed by atoms with van der Waals surface area (Å²) in [5.74, 6) is 0.726. The molecule has 16 heavy (non-hydrogen) atoms. The molecule has 4 nitrogen and oxygen atoms in total. The number of aromatic nitrogens is 2. The summed E-state index contributed by atoms with van der Waals surface area (Å²) in [6.45, 7) is 2.51. The van der Waals surface area contributed by atoms with E-state index in [1.807, 2.05) is 31.2 Å². The summed E-state index contributed by atoms with van der Waals surface area (Å²) in [6, 6.07) is 7.47. The van der Waals surface area contributed by atoms with Gasteiger partial charge in [0.05, 0.1) is 12.3 Å². The third-order valence-electron chi connectivity index (χ3n) is 2.06. The molecule has 0 unspecified atom stereocenters. The number of nitrogen functional groups attached to an aromatic ring is 1. The molecule has 0 spiro atoms. The van der Waals surface area contributed by atoms with Crippen LogP contribution in [0.15, 0.2) is 24.3 Å². The zero-order valence-corrected chi connectivity index (χ0v) is 9.83. The quantitative estimate of drug-likeness (QED) is 0.824. The van der Waals surface area contributed by atoms with Crippen molar-refractivity contribution in [1.29, 1.82) is 0 Å². The third kappa shape index (κ3) is 2.70. The Kier molecular flexibility index (Phi) is 3.36. The molecule has 1 heterocycles. The van der Waals surface area contributed by atoms with Crippen molar-refractivity contribution >= 4 is 17.0 Å². The second kappa shape index (κ2) is 4.94. The first-order valence-corrected chi connectivity index (χ1v) is 5.83. The summed E-state index contributed by atoms with van der Waals surface area (Å²) in [5.41, 5.74) is 6.42. The van der Waals surface area contributed by atoms with E-state index < -0.39 is 0 Å². The van der Waals surface area contributed by atoms with Gasteiger partial charge >= 0.3 is 0 Å². The maximum absolute atomic E-state index is 5.75. The predicted octanol–water partition coefficient (Wildman–Crippen LogP) is 2.05. The average molecular weight is 235 g/mol. The molecule has 0 saturated carbocycles. The molecule has 0 radical (unpaired) electrons. The van der Waals surface area contributed by atoms with Crippen molar-refractivity contribution in [2.24, 2.45) is 0 Å². The van der Waals surface area contributed by atoms with Gasteiger partial charge < -0.3 is 10.5 Å². The Bertz CT molecular complexity index is 470. The average Bonchev–Trinajstić information content (AvgIpc) is 2.67. The molecule has 0 fully saturated rings. The molecule has 2 rings (SSSR count). The highest BCUT2D eigenvalue weighted by Gasteiger charge is 2.02. The monoisotopic (exact) mass is 235 g/mol. The van der Waals surface area contributed by atoms with E-state index in [1.54, 1.807) is 11.3 Å². The van der Waals surface area contributed by atoms with Crippen molar-refractivity contribution in [2.45, 2.75) is 13.3 Å². The standard InChI is InChI=1S/C11H13N3OS/c1-8-13-14-11(16-8)6-7-15-10-5-3-2-4-9(10)12/h2-5H,6-7,12H2,1H3. The molecule has 0 bridgehead atoms. The van der Waals surface area contributed by atoms with Crippen molar-refractivity contribution in [1.82, 2.24) is 10.2 Å². The molecule has 84 valence electrons. The van der Waals surface area contributed by atoms with E-state index in [2.05, 4.69) is 10.2 Å². The number of hydrogen-bond acceptors (Lipinski definition) is 5. The van der Waals surface area contributed by atoms with E-state index >= 15 is 0 Å². The van der Waals surface area contributed by atoms with E-state index in [0.29, 0.717) is 12.3 Å². The van der Waals surface area contributed by atoms with Crippen LogP contribution < -0.4 is 10.5 Å². The fourth-order valence-electron chi connectivity index (χ4n) is 1.30. The van der Waals surface area contributed by atoms with Crippen LogP contribution in [-0.4, -0.2) is 16.8 Å². The van der Waals surface area contributed by atoms with Gasteiger partial charge in [0.25, 0.3) is 0 Å². The van der Waals surface area contributed by atoms with Crippen LogP contribution in [0, 0.1) is 6.92 Å². The number of aryl methyl sites for hydroxylation is 1. The van der Waals surface area contributed by atoms with E-state index in [-0.39, 0.29) is 0 Å². The lowest BCUT2D eigenvalue weighted by Crippen LogP contribution is -2.03. The van der Waals surface area contributed by atoms with Crippen molar-refractivity contribution in [3.8, 4) is 5.75 Å². The van der Waals surface area contributed by atoms with Crippen molar-refractivity contribution < 1.29 is 4.74 Å². The van der Waals surface area contributed by atoms with Crippen LogP contribution in [0.1, 0.15) is 10.0 Å². The summed E-state index contributed by atoms with van der Waals surface area (Å²) >= 11 is 1.59. The molecule has 1 aromatic carbocycles. The number of nitrogens with two attached hydrogens (primary N) is 1. The zero-order valence-electron chi connectivity index (χ0n) is 9.01. The predicted molar refractivity (Wildman–Crippen MR) is 64.7 cm³/mol. The number of ether oxygens (including phenoxy) is 1. The molecule has 0 atom stereocenters. The van der Waals surface area contributed by atoms with Crippen LogP contribution in [0.3, 0.4) is 0 Å². The highest BCUT2D eigenvalue weighted by molar-refractivity contribution is 7.11. The van der Waals surface area contributed by atoms with Crippen molar-refractivity contribution in [3.05, 3.63) is 34.3 Å². The third-order valence-corrected chi connectivity index (χ3v) is 2.96. The highest BCUT2D eigenvalue weighted by atomic mass is 32.1. The van der Waals surface area contributed by atoms with Crippen molar-refractivity contribution in [2.75, 3.05) is 12.3 Å². The van der Waals surface area contributed by atoms with E-state index in [9.17, 15) is 0 Å². The lowest BCUT2D eigenvalue weighted by atomic mass is 10.3. The number of hydrogen-bond donors (Lipinski definition) is 1. The van der Waals surface area contributed by atoms with Gasteiger partial charge in [-0.25, -0.2) is 0 Å². The molecule has 0 amide bonds. The number of nitrogens with zero attached hydrogens (tertiary/aromatic N) is 2. The van der Waals surface area contributed by atoms with Gasteiger partial charge in [-0.05, 0) is 19.1 Å². The van der Waals surface area contributed by atoms with Crippen LogP contribution in [0.4, 0.5) is 5.69 Å². The Labute approximate surface area is 98.1 Å². The Morgan fingerprint density at radius 2 is 2.12 bits per heavy atom. The normalized spacial score (nSPS) is 10.3. The van der Waals surface area contributed by atoms with Crippen molar-refractivity contribution in [3.63, 3.8) is 0 Å². The van der Waals surface area contributed by atoms with Gasteiger partial charge in [0.15, 0.2) is 0 Å². The first-order valence-electron chi connectivity index (χ1n) is 5.02. The molecule has 2 aromatic rings. The fraction of sp³-hybridized carbons (Fsp3) is 0.273. The smallest absolute Gasteiger partial charge is 0.142 e. The van der Waals surface area contributed by atoms with E-state index in [4.69, 9.17) is 10.5 Å². The summed E-state index contributed by atoms with van der Waals surface area (Å²) < 4.78 is 5.56. The molecule has 2 N–H and O–H groups in total. The maximum Gasteiger partial charge on any atom is 0.142 e. The first kappa shape index (κ1) is 10.9. The lowest BCUT2D eigenvalue weighted by Gasteiger charge is -2.06. The Hall–Kier alpha value is -1.62. The van der Waals surface area contributed by atoms with Gasteiger partial charge in [0.2, 0.25) is 0 Å². The largest absolute Gasteiger partial charge is 0.491 e. The SMILES string of the molecule is Cc1nnc(CCOc2ccccc2N)s1. The van der Waals surface area contributed by atoms with Gasteiger partial charge in [-0.1, -0.05) is 12.1 Å². The lowest BCUT2D eigenvalue weighted by molar-refractivity contribution is 0.323. The Morgan fingerprint density at radius 1 is 1.31 bits per heavy atom. The number of anilines is 1. The molecule has 0 aliphatic heterocycles. The Morgan fingerprint density at radius 3 is 2.81 bits per heavy atom. The van der Waals surface area contributed by atoms with Gasteiger partial charge in [0.1, 0.15) is 15.8 Å². The van der Waals surface area contributed by atoms with Crippen LogP contribution >= 0.6 is 11.3 Å². The number of benzene rings is 1. The Balaban J connectivity index is 1.87. The minimum atomic E-state index is 0.572. The minimum absolute atomic E-state index is 0.572. The van der Waals surface area contributed by atoms with Gasteiger partial charge in [-0.15, -0.1) is 21.5 Å². The number of rotatable bonds is 4. The molecule has 0 aliphatic carbocycles. The fourth-order valence-corrected chi connectivity index (χ4v) is 1.99. The summed E-state index contributed by atoms with van der Waals surface area (Å²) in [5, 5.41) is 9.95. The summed E-state index contributed by atoms with van der Waals surface area (Å²) in [6.07, 6.45) is 0.764. The molecule has 1 aromatic heterocycles. The van der Waals surface area contributed by atoms with Crippen LogP contribution in [0.5, 0.6) is 5.75 Å². The molecular weight excluding hydrogens is 222 g/mol. The molecule has 0 aliphatic rings. The zero-order chi connectivity index (χ0) is 11.4. The highest BCUT2D eigenvalue weighted by Crippen LogP contribution is 2.20. The maximum atomic E-state index is 5.75. The van der Waals surface area contributed by atoms with Crippen LogP contribution in [-0.2, 0) is 6.42 Å². The van der Waals surface area contributed by atoms with Gasteiger partial charge in [0, 0.05) is 6.42 Å².